The van der Waals surface area contributed by atoms with E-state index in [4.69, 9.17) is 5.73 Å². The van der Waals surface area contributed by atoms with Crippen LogP contribution in [0.3, 0.4) is 0 Å². The highest BCUT2D eigenvalue weighted by molar-refractivity contribution is 5.90. The van der Waals surface area contributed by atoms with Gasteiger partial charge < -0.3 is 5.73 Å². The van der Waals surface area contributed by atoms with Crippen molar-refractivity contribution in [3.8, 4) is 0 Å². The van der Waals surface area contributed by atoms with E-state index in [0.29, 0.717) is 0 Å². The number of primary amides is 1. The summed E-state index contributed by atoms with van der Waals surface area (Å²) in [6.07, 6.45) is 2.99. The van der Waals surface area contributed by atoms with Gasteiger partial charge in [0, 0.05) is 13.0 Å². The molecule has 1 rings (SSSR count). The minimum absolute atomic E-state index is 0. The summed E-state index contributed by atoms with van der Waals surface area (Å²) in [6.45, 7) is 6.09. The number of amides is 1. The quantitative estimate of drug-likeness (QED) is 0.705. The second-order valence-electron chi connectivity index (χ2n) is 3.90. The lowest BCUT2D eigenvalue weighted by atomic mass is 9.93. The molecule has 1 amide bonds. The van der Waals surface area contributed by atoms with Crippen LogP contribution in [0.2, 0.25) is 0 Å². The summed E-state index contributed by atoms with van der Waals surface area (Å²) < 4.78 is 0. The predicted octanol–water partition coefficient (Wildman–Crippen LogP) is 1.12. The van der Waals surface area contributed by atoms with Gasteiger partial charge >= 0.3 is 0 Å². The molecule has 1 heterocycles. The van der Waals surface area contributed by atoms with Gasteiger partial charge in [0.1, 0.15) is 5.69 Å². The van der Waals surface area contributed by atoms with Crippen molar-refractivity contribution in [3.05, 3.63) is 23.8 Å². The number of rotatable bonds is 1. The molecule has 13 heavy (non-hydrogen) atoms. The molecule has 4 nitrogen and oxygen atoms in total. The van der Waals surface area contributed by atoms with Crippen LogP contribution in [0.4, 0.5) is 0 Å². The fourth-order valence-electron chi connectivity index (χ4n) is 0.843. The highest BCUT2D eigenvalue weighted by Gasteiger charge is 2.15. The Morgan fingerprint density at radius 2 is 2.00 bits per heavy atom. The maximum Gasteiger partial charge on any atom is 0.268 e. The monoisotopic (exact) mass is 181 g/mol. The van der Waals surface area contributed by atoms with E-state index in [-0.39, 0.29) is 12.5 Å². The molecular weight excluding hydrogens is 166 g/mol. The first-order valence-corrected chi connectivity index (χ1v) is 4.03. The normalized spacial score (nSPS) is 11.3. The number of nitrogens with two attached hydrogens (primary N) is 1. The standard InChI is InChI=1S/C9H13N3O.H2/c1-9(2,3)7-5-11-6(4-12-7)8(10)13;/h4-5H,1-3H3,(H2,10,13);1H. The molecule has 0 radical (unpaired) electrons. The Bertz CT molecular complexity index is 316. The molecule has 1 aromatic heterocycles. The lowest BCUT2D eigenvalue weighted by Crippen LogP contribution is -2.17. The van der Waals surface area contributed by atoms with E-state index in [0.717, 1.165) is 5.69 Å². The third-order valence-corrected chi connectivity index (χ3v) is 1.67. The molecule has 1 aromatic rings. The molecule has 0 saturated carbocycles. The fraction of sp³-hybridized carbons (Fsp3) is 0.444. The van der Waals surface area contributed by atoms with Crippen LogP contribution in [-0.2, 0) is 5.41 Å². The van der Waals surface area contributed by atoms with Crippen LogP contribution < -0.4 is 5.73 Å². The molecule has 72 valence electrons. The Balaban J connectivity index is 0.00000169. The number of carbonyl (C=O) groups excluding carboxylic acids is 1. The lowest BCUT2D eigenvalue weighted by Gasteiger charge is -2.16. The molecule has 0 bridgehead atoms. The summed E-state index contributed by atoms with van der Waals surface area (Å²) in [5.41, 5.74) is 6.03. The zero-order chi connectivity index (χ0) is 10.1. The molecule has 0 fully saturated rings. The summed E-state index contributed by atoms with van der Waals surface area (Å²) in [5, 5.41) is 0. The fourth-order valence-corrected chi connectivity index (χ4v) is 0.843. The molecule has 0 aromatic carbocycles. The molecule has 0 aliphatic heterocycles. The maximum atomic E-state index is 10.7. The largest absolute Gasteiger partial charge is 0.364 e. The van der Waals surface area contributed by atoms with Crippen LogP contribution in [0.15, 0.2) is 12.4 Å². The molecule has 0 unspecified atom stereocenters. The van der Waals surface area contributed by atoms with E-state index in [1.54, 1.807) is 6.20 Å². The Morgan fingerprint density at radius 1 is 1.38 bits per heavy atom. The number of hydrogen-bond donors (Lipinski definition) is 1. The van der Waals surface area contributed by atoms with Gasteiger partial charge in [-0.05, 0) is 0 Å². The van der Waals surface area contributed by atoms with Crippen LogP contribution in [0.25, 0.3) is 0 Å². The molecule has 4 heteroatoms. The Labute approximate surface area is 78.7 Å². The summed E-state index contributed by atoms with van der Waals surface area (Å²) in [5.74, 6) is -0.548. The smallest absolute Gasteiger partial charge is 0.268 e. The lowest BCUT2D eigenvalue weighted by molar-refractivity contribution is 0.0995. The molecule has 0 aliphatic rings. The Hall–Kier alpha value is -1.45. The summed E-state index contributed by atoms with van der Waals surface area (Å²) in [7, 11) is 0. The van der Waals surface area contributed by atoms with Gasteiger partial charge in [0.05, 0.1) is 11.9 Å². The van der Waals surface area contributed by atoms with Crippen LogP contribution in [0.5, 0.6) is 0 Å². The number of aromatic nitrogens is 2. The van der Waals surface area contributed by atoms with Crippen LogP contribution in [0, 0.1) is 0 Å². The first kappa shape index (κ1) is 9.64. The van der Waals surface area contributed by atoms with Crippen molar-refractivity contribution in [1.82, 2.24) is 9.97 Å². The van der Waals surface area contributed by atoms with Gasteiger partial charge in [0.2, 0.25) is 0 Å². The average Bonchev–Trinajstić information content (AvgIpc) is 2.03. The molecule has 0 aliphatic carbocycles. The van der Waals surface area contributed by atoms with Gasteiger partial charge in [-0.2, -0.15) is 0 Å². The maximum absolute atomic E-state index is 10.7. The van der Waals surface area contributed by atoms with Crippen LogP contribution >= 0.6 is 0 Å². The van der Waals surface area contributed by atoms with E-state index in [1.165, 1.54) is 6.20 Å². The highest BCUT2D eigenvalue weighted by Crippen LogP contribution is 2.18. The first-order valence-electron chi connectivity index (χ1n) is 4.03. The van der Waals surface area contributed by atoms with Crippen molar-refractivity contribution in [1.29, 1.82) is 0 Å². The van der Waals surface area contributed by atoms with E-state index in [2.05, 4.69) is 9.97 Å². The van der Waals surface area contributed by atoms with Crippen molar-refractivity contribution < 1.29 is 6.22 Å². The minimum atomic E-state index is -0.548. The van der Waals surface area contributed by atoms with Gasteiger partial charge in [-0.1, -0.05) is 20.8 Å². The summed E-state index contributed by atoms with van der Waals surface area (Å²) in [4.78, 5) is 18.7. The van der Waals surface area contributed by atoms with Gasteiger partial charge in [0.15, 0.2) is 0 Å². The van der Waals surface area contributed by atoms with Gasteiger partial charge in [-0.15, -0.1) is 0 Å². The molecule has 2 N–H and O–H groups in total. The molecule has 0 saturated heterocycles. The SMILES string of the molecule is CC(C)(C)c1cnc(C(N)=O)cn1.[HH]. The third kappa shape index (κ3) is 2.24. The summed E-state index contributed by atoms with van der Waals surface area (Å²) in [6, 6.07) is 0. The zero-order valence-corrected chi connectivity index (χ0v) is 8.03. The van der Waals surface area contributed by atoms with Gasteiger partial charge in [0.25, 0.3) is 5.91 Å². The second kappa shape index (κ2) is 3.12. The molecule has 0 spiro atoms. The van der Waals surface area contributed by atoms with Crippen LogP contribution in [0.1, 0.15) is 38.4 Å². The van der Waals surface area contributed by atoms with Crippen molar-refractivity contribution in [2.24, 2.45) is 5.73 Å². The van der Waals surface area contributed by atoms with Crippen molar-refractivity contribution in [3.63, 3.8) is 0 Å². The van der Waals surface area contributed by atoms with Crippen LogP contribution in [-0.4, -0.2) is 15.9 Å². The topological polar surface area (TPSA) is 68.9 Å². The Kier molecular flexibility index (Phi) is 2.32. The summed E-state index contributed by atoms with van der Waals surface area (Å²) >= 11 is 0. The van der Waals surface area contributed by atoms with Crippen molar-refractivity contribution >= 4 is 5.91 Å². The van der Waals surface area contributed by atoms with E-state index < -0.39 is 5.91 Å². The number of nitrogens with zero attached hydrogens (tertiary/aromatic N) is 2. The van der Waals surface area contributed by atoms with Crippen molar-refractivity contribution in [2.45, 2.75) is 26.2 Å². The van der Waals surface area contributed by atoms with Crippen molar-refractivity contribution in [2.75, 3.05) is 0 Å². The predicted molar refractivity (Wildman–Crippen MR) is 51.4 cm³/mol. The highest BCUT2D eigenvalue weighted by atomic mass is 16.1. The zero-order valence-electron chi connectivity index (χ0n) is 8.03. The van der Waals surface area contributed by atoms with Gasteiger partial charge in [-0.3, -0.25) is 9.78 Å². The third-order valence-electron chi connectivity index (χ3n) is 1.67. The van der Waals surface area contributed by atoms with E-state index in [9.17, 15) is 4.79 Å². The van der Waals surface area contributed by atoms with E-state index >= 15 is 0 Å². The molecule has 0 atom stereocenters. The second-order valence-corrected chi connectivity index (χ2v) is 3.90. The Morgan fingerprint density at radius 3 is 2.31 bits per heavy atom. The minimum Gasteiger partial charge on any atom is -0.364 e. The van der Waals surface area contributed by atoms with Gasteiger partial charge in [-0.25, -0.2) is 4.98 Å². The molecular formula is C9H15N3O. The average molecular weight is 181 g/mol. The number of carbonyl (C=O) groups is 1. The first-order chi connectivity index (χ1) is 5.91. The number of hydrogen-bond acceptors (Lipinski definition) is 3. The van der Waals surface area contributed by atoms with E-state index in [1.807, 2.05) is 20.8 Å².